The molecule has 2 rings (SSSR count). The highest BCUT2D eigenvalue weighted by atomic mass is 16.5. The van der Waals surface area contributed by atoms with Crippen molar-refractivity contribution in [1.82, 2.24) is 0 Å². The molecule has 1 unspecified atom stereocenters. The van der Waals surface area contributed by atoms with Crippen molar-refractivity contribution in [3.05, 3.63) is 34.9 Å². The van der Waals surface area contributed by atoms with Gasteiger partial charge in [-0.3, -0.25) is 0 Å². The van der Waals surface area contributed by atoms with E-state index in [1.54, 1.807) is 6.92 Å². The number of benzene rings is 1. The predicted molar refractivity (Wildman–Crippen MR) is 68.4 cm³/mol. The lowest BCUT2D eigenvalue weighted by Crippen LogP contribution is -2.17. The van der Waals surface area contributed by atoms with E-state index in [0.717, 1.165) is 16.7 Å². The third-order valence-electron chi connectivity index (χ3n) is 2.80. The van der Waals surface area contributed by atoms with Gasteiger partial charge in [0, 0.05) is 5.56 Å². The first kappa shape index (κ1) is 12.1. The van der Waals surface area contributed by atoms with Crippen LogP contribution in [0, 0.1) is 6.92 Å². The van der Waals surface area contributed by atoms with Crippen LogP contribution in [0.3, 0.4) is 0 Å². The number of aliphatic hydroxyl groups excluding tert-OH is 1. The molecule has 92 valence electrons. The molecule has 1 aliphatic rings. The molecular weight excluding hydrogens is 214 g/mol. The van der Waals surface area contributed by atoms with Gasteiger partial charge in [-0.05, 0) is 51.0 Å². The third kappa shape index (κ3) is 2.67. The fourth-order valence-corrected chi connectivity index (χ4v) is 1.91. The van der Waals surface area contributed by atoms with Crippen molar-refractivity contribution >= 4 is 5.90 Å². The van der Waals surface area contributed by atoms with Gasteiger partial charge in [-0.25, -0.2) is 4.99 Å². The Bertz CT molecular complexity index is 461. The summed E-state index contributed by atoms with van der Waals surface area (Å²) in [7, 11) is 0. The maximum Gasteiger partial charge on any atom is 0.216 e. The van der Waals surface area contributed by atoms with Crippen LogP contribution in [-0.2, 0) is 4.74 Å². The van der Waals surface area contributed by atoms with E-state index in [4.69, 9.17) is 4.74 Å². The second-order valence-corrected chi connectivity index (χ2v) is 5.33. The van der Waals surface area contributed by atoms with E-state index >= 15 is 0 Å². The van der Waals surface area contributed by atoms with E-state index < -0.39 is 6.10 Å². The van der Waals surface area contributed by atoms with Crippen molar-refractivity contribution in [2.45, 2.75) is 39.3 Å². The van der Waals surface area contributed by atoms with Crippen LogP contribution in [0.2, 0.25) is 0 Å². The van der Waals surface area contributed by atoms with E-state index in [1.807, 2.05) is 39.0 Å². The Morgan fingerprint density at radius 3 is 2.59 bits per heavy atom. The largest absolute Gasteiger partial charge is 0.475 e. The van der Waals surface area contributed by atoms with Gasteiger partial charge in [-0.1, -0.05) is 6.07 Å². The van der Waals surface area contributed by atoms with Crippen LogP contribution in [0.5, 0.6) is 0 Å². The smallest absolute Gasteiger partial charge is 0.216 e. The molecule has 0 aliphatic carbocycles. The Balaban J connectivity index is 2.40. The molecule has 1 aromatic carbocycles. The molecule has 1 heterocycles. The van der Waals surface area contributed by atoms with E-state index in [2.05, 4.69) is 4.99 Å². The van der Waals surface area contributed by atoms with Gasteiger partial charge in [0.2, 0.25) is 5.90 Å². The average molecular weight is 233 g/mol. The zero-order valence-electron chi connectivity index (χ0n) is 10.8. The Morgan fingerprint density at radius 2 is 2.06 bits per heavy atom. The summed E-state index contributed by atoms with van der Waals surface area (Å²) in [5, 5.41) is 9.64. The zero-order valence-corrected chi connectivity index (χ0v) is 10.8. The normalized spacial score (nSPS) is 19.7. The van der Waals surface area contributed by atoms with E-state index in [1.165, 1.54) is 0 Å². The molecule has 0 radical (unpaired) electrons. The van der Waals surface area contributed by atoms with Crippen LogP contribution in [0.15, 0.2) is 23.2 Å². The Kier molecular flexibility index (Phi) is 2.96. The van der Waals surface area contributed by atoms with Crippen LogP contribution in [-0.4, -0.2) is 23.2 Å². The molecule has 0 saturated carbocycles. The fraction of sp³-hybridized carbons (Fsp3) is 0.500. The minimum Gasteiger partial charge on any atom is -0.475 e. The first-order chi connectivity index (χ1) is 7.87. The standard InChI is InChI=1S/C14H19NO2/c1-9-5-11(10(2)16)7-12(6-9)13-15-14(3,4)8-17-13/h5-7,10,16H,8H2,1-4H3. The number of hydrogen-bond donors (Lipinski definition) is 1. The molecule has 0 saturated heterocycles. The lowest BCUT2D eigenvalue weighted by molar-refractivity contribution is 0.199. The molecule has 1 aromatic rings. The summed E-state index contributed by atoms with van der Waals surface area (Å²) in [5.74, 6) is 0.681. The number of nitrogens with zero attached hydrogens (tertiary/aromatic N) is 1. The Morgan fingerprint density at radius 1 is 1.35 bits per heavy atom. The van der Waals surface area contributed by atoms with Gasteiger partial charge in [0.05, 0.1) is 11.6 Å². The number of aryl methyl sites for hydroxylation is 1. The van der Waals surface area contributed by atoms with Gasteiger partial charge in [0.1, 0.15) is 6.61 Å². The van der Waals surface area contributed by atoms with E-state index in [-0.39, 0.29) is 5.54 Å². The van der Waals surface area contributed by atoms with Crippen LogP contribution in [0.25, 0.3) is 0 Å². The number of hydrogen-bond acceptors (Lipinski definition) is 3. The van der Waals surface area contributed by atoms with Crippen LogP contribution in [0.4, 0.5) is 0 Å². The minimum absolute atomic E-state index is 0.149. The monoisotopic (exact) mass is 233 g/mol. The second kappa shape index (κ2) is 4.15. The summed E-state index contributed by atoms with van der Waals surface area (Å²) in [5.41, 5.74) is 2.81. The van der Waals surface area contributed by atoms with Crippen molar-refractivity contribution in [2.75, 3.05) is 6.61 Å². The molecule has 17 heavy (non-hydrogen) atoms. The van der Waals surface area contributed by atoms with Crippen LogP contribution in [0.1, 0.15) is 43.6 Å². The molecule has 3 heteroatoms. The topological polar surface area (TPSA) is 41.8 Å². The highest BCUT2D eigenvalue weighted by Crippen LogP contribution is 2.23. The third-order valence-corrected chi connectivity index (χ3v) is 2.80. The lowest BCUT2D eigenvalue weighted by atomic mass is 10.0. The van der Waals surface area contributed by atoms with Gasteiger partial charge < -0.3 is 9.84 Å². The van der Waals surface area contributed by atoms with Gasteiger partial charge in [0.25, 0.3) is 0 Å². The SMILES string of the molecule is Cc1cc(C2=NC(C)(C)CO2)cc(C(C)O)c1. The molecule has 0 amide bonds. The highest BCUT2D eigenvalue weighted by molar-refractivity contribution is 5.95. The summed E-state index contributed by atoms with van der Waals surface area (Å²) in [6.07, 6.45) is -0.469. The minimum atomic E-state index is -0.469. The molecule has 0 fully saturated rings. The quantitative estimate of drug-likeness (QED) is 0.853. The summed E-state index contributed by atoms with van der Waals surface area (Å²) in [6.45, 7) is 8.48. The average Bonchev–Trinajstić information content (AvgIpc) is 2.58. The van der Waals surface area contributed by atoms with Gasteiger partial charge >= 0.3 is 0 Å². The van der Waals surface area contributed by atoms with E-state index in [9.17, 15) is 5.11 Å². The van der Waals surface area contributed by atoms with Gasteiger partial charge in [-0.2, -0.15) is 0 Å². The molecule has 1 atom stereocenters. The first-order valence-electron chi connectivity index (χ1n) is 5.90. The Hall–Kier alpha value is -1.35. The van der Waals surface area contributed by atoms with Gasteiger partial charge in [0.15, 0.2) is 0 Å². The van der Waals surface area contributed by atoms with E-state index in [0.29, 0.717) is 12.5 Å². The summed E-state index contributed by atoms with van der Waals surface area (Å²) >= 11 is 0. The highest BCUT2D eigenvalue weighted by Gasteiger charge is 2.27. The van der Waals surface area contributed by atoms with Crippen LogP contribution < -0.4 is 0 Å². The van der Waals surface area contributed by atoms with Crippen LogP contribution >= 0.6 is 0 Å². The maximum atomic E-state index is 9.64. The summed E-state index contributed by atoms with van der Waals surface area (Å²) < 4.78 is 5.61. The summed E-state index contributed by atoms with van der Waals surface area (Å²) in [4.78, 5) is 4.55. The molecule has 0 bridgehead atoms. The molecule has 0 spiro atoms. The van der Waals surface area contributed by atoms with Crippen molar-refractivity contribution in [1.29, 1.82) is 0 Å². The second-order valence-electron chi connectivity index (χ2n) is 5.33. The molecular formula is C14H19NO2. The van der Waals surface area contributed by atoms with Crippen molar-refractivity contribution < 1.29 is 9.84 Å². The number of aliphatic hydroxyl groups is 1. The number of aliphatic imine (C=N–C) groups is 1. The molecule has 3 nitrogen and oxygen atoms in total. The molecule has 0 aromatic heterocycles. The zero-order chi connectivity index (χ0) is 12.6. The maximum absolute atomic E-state index is 9.64. The summed E-state index contributed by atoms with van der Waals surface area (Å²) in [6, 6.07) is 5.96. The Labute approximate surface area is 102 Å². The first-order valence-corrected chi connectivity index (χ1v) is 5.90. The number of rotatable bonds is 2. The van der Waals surface area contributed by atoms with Crippen molar-refractivity contribution in [3.63, 3.8) is 0 Å². The molecule has 1 aliphatic heterocycles. The fourth-order valence-electron chi connectivity index (χ4n) is 1.91. The van der Waals surface area contributed by atoms with Gasteiger partial charge in [-0.15, -0.1) is 0 Å². The lowest BCUT2D eigenvalue weighted by Gasteiger charge is -2.09. The van der Waals surface area contributed by atoms with Crippen molar-refractivity contribution in [3.8, 4) is 0 Å². The molecule has 1 N–H and O–H groups in total. The predicted octanol–water partition coefficient (Wildman–Crippen LogP) is 2.60. The van der Waals surface area contributed by atoms with Crippen molar-refractivity contribution in [2.24, 2.45) is 4.99 Å². The number of ether oxygens (including phenoxy) is 1.